The van der Waals surface area contributed by atoms with Gasteiger partial charge in [0.2, 0.25) is 5.91 Å². The van der Waals surface area contributed by atoms with Crippen LogP contribution in [0.15, 0.2) is 48.7 Å². The summed E-state index contributed by atoms with van der Waals surface area (Å²) in [5.41, 5.74) is 1.40. The van der Waals surface area contributed by atoms with E-state index < -0.39 is 0 Å². The molecule has 1 fully saturated rings. The molecule has 0 radical (unpaired) electrons. The Kier molecular flexibility index (Phi) is 7.22. The van der Waals surface area contributed by atoms with Crippen molar-refractivity contribution in [3.05, 3.63) is 59.9 Å². The molecule has 1 atom stereocenters. The molecule has 2 aromatic rings. The fraction of sp³-hybridized carbons (Fsp3) is 0.435. The van der Waals surface area contributed by atoms with Crippen LogP contribution in [0, 0.1) is 11.8 Å². The summed E-state index contributed by atoms with van der Waals surface area (Å²) in [6, 6.07) is 12.9. The number of carbonyl (C=O) groups excluding carboxylic acids is 2. The number of carbonyl (C=O) groups is 2. The Balaban J connectivity index is 1.73. The quantitative estimate of drug-likeness (QED) is 0.752. The number of nitrogens with zero attached hydrogens (tertiary/aromatic N) is 1. The number of methoxy groups -OCH3 is 1. The van der Waals surface area contributed by atoms with Crippen LogP contribution in [0.3, 0.4) is 0 Å². The smallest absolute Gasteiger partial charge is 0.255 e. The molecule has 1 aliphatic carbocycles. The predicted octanol–water partition coefficient (Wildman–Crippen LogP) is 3.50. The van der Waals surface area contributed by atoms with Crippen LogP contribution in [-0.2, 0) is 4.79 Å². The Labute approximate surface area is 172 Å². The number of hydrogen-bond donors (Lipinski definition) is 2. The zero-order valence-corrected chi connectivity index (χ0v) is 17.1. The van der Waals surface area contributed by atoms with Gasteiger partial charge in [-0.3, -0.25) is 14.6 Å². The van der Waals surface area contributed by atoms with Gasteiger partial charge in [-0.15, -0.1) is 0 Å². The number of aromatic nitrogens is 1. The molecule has 2 N–H and O–H groups in total. The SMILES string of the molecule is COc1ccccc1C(=O)N[C@H](c1ccccn1)C1CCC(CNC(C)=O)CC1. The van der Waals surface area contributed by atoms with Gasteiger partial charge >= 0.3 is 0 Å². The van der Waals surface area contributed by atoms with E-state index in [1.54, 1.807) is 32.4 Å². The summed E-state index contributed by atoms with van der Waals surface area (Å²) in [5, 5.41) is 6.13. The number of ether oxygens (including phenoxy) is 1. The van der Waals surface area contributed by atoms with Crippen molar-refractivity contribution in [1.82, 2.24) is 15.6 Å². The number of benzene rings is 1. The van der Waals surface area contributed by atoms with Crippen molar-refractivity contribution in [1.29, 1.82) is 0 Å². The molecule has 154 valence electrons. The molecule has 0 saturated heterocycles. The number of para-hydroxylation sites is 1. The van der Waals surface area contributed by atoms with Gasteiger partial charge in [-0.05, 0) is 61.8 Å². The second-order valence-corrected chi connectivity index (χ2v) is 7.62. The number of amides is 2. The fourth-order valence-electron chi connectivity index (χ4n) is 4.06. The highest BCUT2D eigenvalue weighted by molar-refractivity contribution is 5.97. The molecule has 1 saturated carbocycles. The van der Waals surface area contributed by atoms with Gasteiger partial charge < -0.3 is 15.4 Å². The molecule has 1 aromatic carbocycles. The molecule has 6 heteroatoms. The van der Waals surface area contributed by atoms with Crippen molar-refractivity contribution < 1.29 is 14.3 Å². The third-order valence-corrected chi connectivity index (χ3v) is 5.65. The van der Waals surface area contributed by atoms with Gasteiger partial charge in [-0.1, -0.05) is 18.2 Å². The van der Waals surface area contributed by atoms with E-state index in [0.717, 1.165) is 37.9 Å². The first kappa shape index (κ1) is 20.8. The third-order valence-electron chi connectivity index (χ3n) is 5.65. The summed E-state index contributed by atoms with van der Waals surface area (Å²) in [6.07, 6.45) is 5.78. The van der Waals surface area contributed by atoms with Crippen LogP contribution in [-0.4, -0.2) is 30.5 Å². The minimum Gasteiger partial charge on any atom is -0.496 e. The average molecular weight is 396 g/mol. The van der Waals surface area contributed by atoms with E-state index in [0.29, 0.717) is 23.1 Å². The van der Waals surface area contributed by atoms with E-state index in [2.05, 4.69) is 15.6 Å². The maximum atomic E-state index is 13.0. The maximum absolute atomic E-state index is 13.0. The monoisotopic (exact) mass is 395 g/mol. The number of hydrogen-bond acceptors (Lipinski definition) is 4. The Hall–Kier alpha value is -2.89. The van der Waals surface area contributed by atoms with Crippen LogP contribution < -0.4 is 15.4 Å². The molecule has 29 heavy (non-hydrogen) atoms. The van der Waals surface area contributed by atoms with Crippen LogP contribution in [0.1, 0.15) is 54.7 Å². The lowest BCUT2D eigenvalue weighted by Crippen LogP contribution is -2.37. The van der Waals surface area contributed by atoms with E-state index >= 15 is 0 Å². The summed E-state index contributed by atoms with van der Waals surface area (Å²) in [5.74, 6) is 1.21. The largest absolute Gasteiger partial charge is 0.496 e. The highest BCUT2D eigenvalue weighted by Crippen LogP contribution is 2.36. The first-order chi connectivity index (χ1) is 14.1. The first-order valence-electron chi connectivity index (χ1n) is 10.2. The van der Waals surface area contributed by atoms with Crippen LogP contribution in [0.4, 0.5) is 0 Å². The topological polar surface area (TPSA) is 80.3 Å². The van der Waals surface area contributed by atoms with Crippen LogP contribution in [0.25, 0.3) is 0 Å². The summed E-state index contributed by atoms with van der Waals surface area (Å²) < 4.78 is 5.35. The average Bonchev–Trinajstić information content (AvgIpc) is 2.77. The minimum absolute atomic E-state index is 0.0163. The summed E-state index contributed by atoms with van der Waals surface area (Å²) in [6.45, 7) is 2.28. The molecule has 1 aliphatic rings. The van der Waals surface area contributed by atoms with Crippen molar-refractivity contribution in [2.75, 3.05) is 13.7 Å². The summed E-state index contributed by atoms with van der Waals surface area (Å²) in [4.78, 5) is 28.7. The fourth-order valence-corrected chi connectivity index (χ4v) is 4.06. The van der Waals surface area contributed by atoms with Gasteiger partial charge in [0, 0.05) is 19.7 Å². The molecular weight excluding hydrogens is 366 g/mol. The lowest BCUT2D eigenvalue weighted by molar-refractivity contribution is -0.119. The summed E-state index contributed by atoms with van der Waals surface area (Å²) in [7, 11) is 1.57. The third kappa shape index (κ3) is 5.56. The number of rotatable bonds is 7. The van der Waals surface area contributed by atoms with Crippen LogP contribution >= 0.6 is 0 Å². The minimum atomic E-state index is -0.157. The van der Waals surface area contributed by atoms with E-state index in [9.17, 15) is 9.59 Å². The van der Waals surface area contributed by atoms with E-state index in [1.165, 1.54) is 0 Å². The standard InChI is InChI=1S/C23H29N3O3/c1-16(27)25-15-17-10-12-18(13-11-17)22(20-8-5-6-14-24-20)26-23(28)19-7-3-4-9-21(19)29-2/h3-9,14,17-18,22H,10-13,15H2,1-2H3,(H,25,27)(H,26,28)/t17?,18?,22-/m0/s1. The van der Waals surface area contributed by atoms with Crippen LogP contribution in [0.5, 0.6) is 5.75 Å². The van der Waals surface area contributed by atoms with E-state index in [-0.39, 0.29) is 17.9 Å². The molecule has 1 heterocycles. The first-order valence-corrected chi connectivity index (χ1v) is 10.2. The lowest BCUT2D eigenvalue weighted by atomic mass is 9.77. The molecule has 1 aromatic heterocycles. The predicted molar refractivity (Wildman–Crippen MR) is 112 cm³/mol. The maximum Gasteiger partial charge on any atom is 0.255 e. The molecule has 0 unspecified atom stereocenters. The molecule has 6 nitrogen and oxygen atoms in total. The molecule has 0 bridgehead atoms. The number of nitrogens with one attached hydrogen (secondary N) is 2. The van der Waals surface area contributed by atoms with Gasteiger partial charge in [-0.2, -0.15) is 0 Å². The van der Waals surface area contributed by atoms with Gasteiger partial charge in [0.15, 0.2) is 0 Å². The lowest BCUT2D eigenvalue weighted by Gasteiger charge is -2.34. The van der Waals surface area contributed by atoms with E-state index in [1.807, 2.05) is 30.3 Å². The van der Waals surface area contributed by atoms with Gasteiger partial charge in [0.05, 0.1) is 24.4 Å². The molecule has 2 amide bonds. The van der Waals surface area contributed by atoms with Crippen molar-refractivity contribution in [2.24, 2.45) is 11.8 Å². The van der Waals surface area contributed by atoms with E-state index in [4.69, 9.17) is 4.74 Å². The Morgan fingerprint density at radius 3 is 2.48 bits per heavy atom. The molecule has 0 spiro atoms. The van der Waals surface area contributed by atoms with Gasteiger partial charge in [0.1, 0.15) is 5.75 Å². The van der Waals surface area contributed by atoms with Crippen molar-refractivity contribution in [3.63, 3.8) is 0 Å². The molecule has 3 rings (SSSR count). The van der Waals surface area contributed by atoms with Gasteiger partial charge in [0.25, 0.3) is 5.91 Å². The second kappa shape index (κ2) is 10.0. The Morgan fingerprint density at radius 2 is 1.83 bits per heavy atom. The zero-order valence-electron chi connectivity index (χ0n) is 17.1. The van der Waals surface area contributed by atoms with Crippen molar-refractivity contribution in [2.45, 2.75) is 38.6 Å². The highest BCUT2D eigenvalue weighted by atomic mass is 16.5. The molecular formula is C23H29N3O3. The Bertz CT molecular complexity index is 817. The van der Waals surface area contributed by atoms with Crippen LogP contribution in [0.2, 0.25) is 0 Å². The second-order valence-electron chi connectivity index (χ2n) is 7.62. The molecule has 0 aliphatic heterocycles. The normalized spacial score (nSPS) is 19.8. The van der Waals surface area contributed by atoms with Crippen molar-refractivity contribution in [3.8, 4) is 5.75 Å². The van der Waals surface area contributed by atoms with Gasteiger partial charge in [-0.25, -0.2) is 0 Å². The zero-order chi connectivity index (χ0) is 20.6. The Morgan fingerprint density at radius 1 is 1.10 bits per heavy atom. The number of pyridine rings is 1. The summed E-state index contributed by atoms with van der Waals surface area (Å²) >= 11 is 0. The van der Waals surface area contributed by atoms with Crippen molar-refractivity contribution >= 4 is 11.8 Å². The highest BCUT2D eigenvalue weighted by Gasteiger charge is 2.31.